The molecule has 0 bridgehead atoms. The number of rotatable bonds is 4. The first-order chi connectivity index (χ1) is 5.63. The summed E-state index contributed by atoms with van der Waals surface area (Å²) in [6, 6.07) is 0. The van der Waals surface area contributed by atoms with Crippen molar-refractivity contribution in [2.45, 2.75) is 31.3 Å². The van der Waals surface area contributed by atoms with E-state index in [1.807, 2.05) is 0 Å². The van der Waals surface area contributed by atoms with Gasteiger partial charge in [-0.2, -0.15) is 0 Å². The highest BCUT2D eigenvalue weighted by molar-refractivity contribution is 5.03. The van der Waals surface area contributed by atoms with Crippen LogP contribution >= 0.6 is 0 Å². The van der Waals surface area contributed by atoms with Gasteiger partial charge in [0.05, 0.1) is 0 Å². The van der Waals surface area contributed by atoms with Crippen LogP contribution in [0.15, 0.2) is 0 Å². The van der Waals surface area contributed by atoms with Gasteiger partial charge in [0.1, 0.15) is 5.60 Å². The van der Waals surface area contributed by atoms with E-state index >= 15 is 0 Å². The molecule has 0 aromatic rings. The lowest BCUT2D eigenvalue weighted by atomic mass is 9.92. The molecule has 2 aliphatic carbocycles. The fraction of sp³-hybridized carbons (Fsp3) is 1.00. The molecule has 0 amide bonds. The van der Waals surface area contributed by atoms with Gasteiger partial charge >= 0.3 is 0 Å². The normalized spacial score (nSPS) is 24.1. The monoisotopic (exact) mass is 171 g/mol. The van der Waals surface area contributed by atoms with Crippen LogP contribution in [-0.2, 0) is 0 Å². The Hall–Kier alpha value is -0.640. The Morgan fingerprint density at radius 3 is 2.00 bits per heavy atom. The van der Waals surface area contributed by atoms with Crippen LogP contribution in [0.25, 0.3) is 0 Å². The zero-order valence-corrected chi connectivity index (χ0v) is 6.90. The number of aliphatic hydroxyl groups is 1. The van der Waals surface area contributed by atoms with Crippen molar-refractivity contribution in [2.75, 3.05) is 6.54 Å². The lowest BCUT2D eigenvalue weighted by Gasteiger charge is -2.22. The van der Waals surface area contributed by atoms with Crippen molar-refractivity contribution < 1.29 is 10.0 Å². The van der Waals surface area contributed by atoms with Crippen molar-refractivity contribution in [1.82, 2.24) is 0 Å². The molecule has 0 unspecified atom stereocenters. The summed E-state index contributed by atoms with van der Waals surface area (Å²) in [5.74, 6) is 0.436. The average Bonchev–Trinajstić information content (AvgIpc) is 2.82. The van der Waals surface area contributed by atoms with Crippen molar-refractivity contribution in [3.63, 3.8) is 0 Å². The molecule has 4 nitrogen and oxygen atoms in total. The van der Waals surface area contributed by atoms with Gasteiger partial charge in [-0.05, 0) is 37.5 Å². The minimum Gasteiger partial charge on any atom is -0.382 e. The molecule has 0 aliphatic heterocycles. The SMILES string of the molecule is O=[N+]([O-])CC(O)(C1CC1)C1CC1. The molecule has 0 atom stereocenters. The molecule has 1 N–H and O–H groups in total. The number of nitro groups is 1. The van der Waals surface area contributed by atoms with Crippen LogP contribution in [0, 0.1) is 22.0 Å². The van der Waals surface area contributed by atoms with E-state index in [-0.39, 0.29) is 23.3 Å². The Kier molecular flexibility index (Phi) is 1.61. The van der Waals surface area contributed by atoms with Crippen LogP contribution in [0.4, 0.5) is 0 Å². The van der Waals surface area contributed by atoms with Gasteiger partial charge < -0.3 is 5.11 Å². The molecule has 0 saturated heterocycles. The zero-order valence-electron chi connectivity index (χ0n) is 6.90. The van der Waals surface area contributed by atoms with Gasteiger partial charge in [-0.3, -0.25) is 10.1 Å². The van der Waals surface area contributed by atoms with Crippen LogP contribution in [0.3, 0.4) is 0 Å². The maximum absolute atomic E-state index is 10.3. The summed E-state index contributed by atoms with van der Waals surface area (Å²) < 4.78 is 0. The maximum Gasteiger partial charge on any atom is 0.232 e. The van der Waals surface area contributed by atoms with Gasteiger partial charge in [0.25, 0.3) is 0 Å². The smallest absolute Gasteiger partial charge is 0.232 e. The highest BCUT2D eigenvalue weighted by Crippen LogP contribution is 2.51. The summed E-state index contributed by atoms with van der Waals surface area (Å²) in [4.78, 5) is 9.95. The molecular weight excluding hydrogens is 158 g/mol. The second-order valence-electron chi connectivity index (χ2n) is 4.03. The molecule has 0 aromatic heterocycles. The second kappa shape index (κ2) is 2.42. The van der Waals surface area contributed by atoms with E-state index in [0.29, 0.717) is 0 Å². The molecule has 0 spiro atoms. The zero-order chi connectivity index (χ0) is 8.77. The standard InChI is InChI=1S/C8H13NO3/c10-8(5-9(11)12,6-1-2-6)7-3-4-7/h6-7,10H,1-5H2. The predicted octanol–water partition coefficient (Wildman–Crippen LogP) is 0.814. The Morgan fingerprint density at radius 2 is 1.75 bits per heavy atom. The van der Waals surface area contributed by atoms with E-state index in [2.05, 4.69) is 0 Å². The van der Waals surface area contributed by atoms with Crippen LogP contribution in [0.2, 0.25) is 0 Å². The molecule has 0 heterocycles. The van der Waals surface area contributed by atoms with Gasteiger partial charge in [0.15, 0.2) is 0 Å². The van der Waals surface area contributed by atoms with Crippen molar-refractivity contribution in [3.8, 4) is 0 Å². The molecule has 0 aromatic carbocycles. The van der Waals surface area contributed by atoms with Crippen molar-refractivity contribution in [2.24, 2.45) is 11.8 Å². The molecule has 4 heteroatoms. The summed E-state index contributed by atoms with van der Waals surface area (Å²) in [5.41, 5.74) is -0.955. The minimum atomic E-state index is -0.955. The van der Waals surface area contributed by atoms with Crippen molar-refractivity contribution in [3.05, 3.63) is 10.1 Å². The molecular formula is C8H13NO3. The van der Waals surface area contributed by atoms with Gasteiger partial charge in [0, 0.05) is 4.92 Å². The lowest BCUT2D eigenvalue weighted by molar-refractivity contribution is -0.503. The van der Waals surface area contributed by atoms with Crippen LogP contribution in [0.1, 0.15) is 25.7 Å². The third kappa shape index (κ3) is 1.31. The first-order valence-electron chi connectivity index (χ1n) is 4.47. The first kappa shape index (κ1) is 7.98. The molecule has 68 valence electrons. The van der Waals surface area contributed by atoms with E-state index in [1.165, 1.54) is 0 Å². The number of hydrogen-bond donors (Lipinski definition) is 1. The van der Waals surface area contributed by atoms with Gasteiger partial charge in [-0.15, -0.1) is 0 Å². The highest BCUT2D eigenvalue weighted by Gasteiger charge is 2.56. The highest BCUT2D eigenvalue weighted by atomic mass is 16.6. The number of nitrogens with zero attached hydrogens (tertiary/aromatic N) is 1. The van der Waals surface area contributed by atoms with E-state index in [9.17, 15) is 15.2 Å². The second-order valence-corrected chi connectivity index (χ2v) is 4.03. The quantitative estimate of drug-likeness (QED) is 0.503. The third-order valence-electron chi connectivity index (χ3n) is 2.95. The summed E-state index contributed by atoms with van der Waals surface area (Å²) in [7, 11) is 0. The van der Waals surface area contributed by atoms with Crippen molar-refractivity contribution in [1.29, 1.82) is 0 Å². The van der Waals surface area contributed by atoms with E-state index < -0.39 is 5.60 Å². The molecule has 2 saturated carbocycles. The summed E-state index contributed by atoms with van der Waals surface area (Å²) in [6.45, 7) is -0.248. The van der Waals surface area contributed by atoms with Gasteiger partial charge in [-0.1, -0.05) is 0 Å². The Bertz CT molecular complexity index is 196. The summed E-state index contributed by atoms with van der Waals surface area (Å²) in [6.07, 6.45) is 3.89. The first-order valence-corrected chi connectivity index (χ1v) is 4.47. The predicted molar refractivity (Wildman–Crippen MR) is 42.3 cm³/mol. The Morgan fingerprint density at radius 1 is 1.33 bits per heavy atom. The molecule has 2 fully saturated rings. The van der Waals surface area contributed by atoms with Gasteiger partial charge in [-0.25, -0.2) is 0 Å². The maximum atomic E-state index is 10.3. The van der Waals surface area contributed by atoms with E-state index in [1.54, 1.807) is 0 Å². The molecule has 0 radical (unpaired) electrons. The van der Waals surface area contributed by atoms with Crippen LogP contribution < -0.4 is 0 Å². The third-order valence-corrected chi connectivity index (χ3v) is 2.95. The van der Waals surface area contributed by atoms with Crippen LogP contribution in [-0.4, -0.2) is 22.2 Å². The lowest BCUT2D eigenvalue weighted by Crippen LogP contribution is -2.41. The molecule has 2 rings (SSSR count). The van der Waals surface area contributed by atoms with Gasteiger partial charge in [0.2, 0.25) is 6.54 Å². The fourth-order valence-corrected chi connectivity index (χ4v) is 1.96. The number of hydrogen-bond acceptors (Lipinski definition) is 3. The summed E-state index contributed by atoms with van der Waals surface area (Å²) in [5, 5.41) is 20.3. The molecule has 12 heavy (non-hydrogen) atoms. The Balaban J connectivity index is 2.03. The van der Waals surface area contributed by atoms with Crippen molar-refractivity contribution >= 4 is 0 Å². The Labute approximate surface area is 70.7 Å². The topological polar surface area (TPSA) is 63.4 Å². The van der Waals surface area contributed by atoms with E-state index in [0.717, 1.165) is 25.7 Å². The largest absolute Gasteiger partial charge is 0.382 e. The van der Waals surface area contributed by atoms with Crippen LogP contribution in [0.5, 0.6) is 0 Å². The molecule has 2 aliphatic rings. The summed E-state index contributed by atoms with van der Waals surface area (Å²) >= 11 is 0. The fourth-order valence-electron chi connectivity index (χ4n) is 1.96. The minimum absolute atomic E-state index is 0.218. The van der Waals surface area contributed by atoms with E-state index in [4.69, 9.17) is 0 Å². The average molecular weight is 171 g/mol.